The highest BCUT2D eigenvalue weighted by atomic mass is 16.4. The highest BCUT2D eigenvalue weighted by Gasteiger charge is 2.32. The van der Waals surface area contributed by atoms with E-state index >= 15 is 0 Å². The number of rotatable bonds is 5. The summed E-state index contributed by atoms with van der Waals surface area (Å²) in [4.78, 5) is 24.9. The number of aliphatic hydroxyl groups excluding tert-OH is 1. The van der Waals surface area contributed by atoms with Gasteiger partial charge in [-0.3, -0.25) is 4.79 Å². The van der Waals surface area contributed by atoms with Gasteiger partial charge in [0.05, 0.1) is 12.0 Å². The lowest BCUT2D eigenvalue weighted by atomic mass is 9.79. The highest BCUT2D eigenvalue weighted by Crippen LogP contribution is 2.30. The van der Waals surface area contributed by atoms with Gasteiger partial charge >= 0.3 is 12.0 Å². The SMILES string of the molecule is CN(CC1CC(O)C1)C(=O)NCC1CCCCC1C(=O)O. The van der Waals surface area contributed by atoms with Gasteiger partial charge in [0.15, 0.2) is 0 Å². The molecule has 6 heteroatoms. The highest BCUT2D eigenvalue weighted by molar-refractivity contribution is 5.74. The van der Waals surface area contributed by atoms with Crippen LogP contribution in [0.5, 0.6) is 0 Å². The monoisotopic (exact) mass is 298 g/mol. The van der Waals surface area contributed by atoms with Crippen LogP contribution in [0.25, 0.3) is 0 Å². The van der Waals surface area contributed by atoms with E-state index in [1.807, 2.05) is 0 Å². The predicted octanol–water partition coefficient (Wildman–Crippen LogP) is 1.29. The summed E-state index contributed by atoms with van der Waals surface area (Å²) < 4.78 is 0. The molecule has 2 unspecified atom stereocenters. The van der Waals surface area contributed by atoms with E-state index in [-0.39, 0.29) is 24.0 Å². The van der Waals surface area contributed by atoms with Crippen LogP contribution in [0.15, 0.2) is 0 Å². The Morgan fingerprint density at radius 2 is 1.90 bits per heavy atom. The molecule has 0 radical (unpaired) electrons. The summed E-state index contributed by atoms with van der Waals surface area (Å²) in [6, 6.07) is -0.147. The van der Waals surface area contributed by atoms with Crippen molar-refractivity contribution >= 4 is 12.0 Å². The van der Waals surface area contributed by atoms with Crippen molar-refractivity contribution in [2.75, 3.05) is 20.1 Å². The zero-order valence-electron chi connectivity index (χ0n) is 12.6. The summed E-state index contributed by atoms with van der Waals surface area (Å²) in [5, 5.41) is 21.3. The summed E-state index contributed by atoms with van der Waals surface area (Å²) >= 11 is 0. The van der Waals surface area contributed by atoms with Crippen molar-refractivity contribution in [2.24, 2.45) is 17.8 Å². The van der Waals surface area contributed by atoms with Gasteiger partial charge < -0.3 is 20.4 Å². The predicted molar refractivity (Wildman–Crippen MR) is 77.8 cm³/mol. The smallest absolute Gasteiger partial charge is 0.317 e. The van der Waals surface area contributed by atoms with E-state index in [0.29, 0.717) is 25.4 Å². The van der Waals surface area contributed by atoms with Crippen LogP contribution >= 0.6 is 0 Å². The number of carbonyl (C=O) groups excluding carboxylic acids is 1. The lowest BCUT2D eigenvalue weighted by Crippen LogP contribution is -2.46. The van der Waals surface area contributed by atoms with Crippen LogP contribution in [0.2, 0.25) is 0 Å². The molecule has 2 fully saturated rings. The third-order valence-electron chi connectivity index (χ3n) is 4.83. The molecule has 0 bridgehead atoms. The largest absolute Gasteiger partial charge is 0.481 e. The third-order valence-corrected chi connectivity index (χ3v) is 4.83. The Bertz CT molecular complexity index is 382. The van der Waals surface area contributed by atoms with E-state index in [4.69, 9.17) is 0 Å². The molecular weight excluding hydrogens is 272 g/mol. The molecule has 0 heterocycles. The van der Waals surface area contributed by atoms with Crippen molar-refractivity contribution in [1.29, 1.82) is 0 Å². The molecule has 2 aliphatic carbocycles. The van der Waals surface area contributed by atoms with Crippen LogP contribution in [0.4, 0.5) is 4.79 Å². The second-order valence-electron chi connectivity index (χ2n) is 6.55. The molecule has 2 atom stereocenters. The fourth-order valence-corrected chi connectivity index (χ4v) is 3.45. The number of carboxylic acid groups (broad SMARTS) is 1. The Hall–Kier alpha value is -1.30. The van der Waals surface area contributed by atoms with E-state index in [1.54, 1.807) is 11.9 Å². The molecule has 0 aromatic rings. The fourth-order valence-electron chi connectivity index (χ4n) is 3.45. The number of hydrogen-bond acceptors (Lipinski definition) is 3. The zero-order chi connectivity index (χ0) is 15.4. The number of aliphatic carboxylic acids is 1. The number of carboxylic acids is 1. The number of carbonyl (C=O) groups is 2. The van der Waals surface area contributed by atoms with Crippen LogP contribution in [0.3, 0.4) is 0 Å². The van der Waals surface area contributed by atoms with Gasteiger partial charge in [-0.1, -0.05) is 12.8 Å². The van der Waals surface area contributed by atoms with Crippen molar-refractivity contribution in [3.63, 3.8) is 0 Å². The molecule has 2 rings (SSSR count). The maximum Gasteiger partial charge on any atom is 0.317 e. The molecule has 2 amide bonds. The molecule has 2 saturated carbocycles. The molecule has 0 saturated heterocycles. The standard InChI is InChI=1S/C15H26N2O4/c1-17(9-10-6-12(18)7-10)15(21)16-8-11-4-2-3-5-13(11)14(19)20/h10-13,18H,2-9H2,1H3,(H,16,21)(H,19,20). The Morgan fingerprint density at radius 1 is 1.24 bits per heavy atom. The molecule has 6 nitrogen and oxygen atoms in total. The average molecular weight is 298 g/mol. The van der Waals surface area contributed by atoms with Crippen LogP contribution in [-0.4, -0.2) is 53.4 Å². The number of urea groups is 1. The Balaban J connectivity index is 1.73. The van der Waals surface area contributed by atoms with Crippen molar-refractivity contribution in [3.8, 4) is 0 Å². The van der Waals surface area contributed by atoms with Gasteiger partial charge in [-0.05, 0) is 37.5 Å². The molecule has 0 aromatic heterocycles. The maximum absolute atomic E-state index is 12.0. The quantitative estimate of drug-likeness (QED) is 0.713. The Labute approximate surface area is 125 Å². The topological polar surface area (TPSA) is 89.9 Å². The first-order valence-electron chi connectivity index (χ1n) is 7.87. The fraction of sp³-hybridized carbons (Fsp3) is 0.867. The molecule has 3 N–H and O–H groups in total. The van der Waals surface area contributed by atoms with Crippen molar-refractivity contribution in [2.45, 2.75) is 44.6 Å². The first-order chi connectivity index (χ1) is 9.97. The van der Waals surface area contributed by atoms with Gasteiger partial charge in [0.25, 0.3) is 0 Å². The van der Waals surface area contributed by atoms with Crippen LogP contribution in [-0.2, 0) is 4.79 Å². The lowest BCUT2D eigenvalue weighted by molar-refractivity contribution is -0.144. The van der Waals surface area contributed by atoms with E-state index in [0.717, 1.165) is 32.1 Å². The molecule has 0 aromatic carbocycles. The molecule has 120 valence electrons. The van der Waals surface area contributed by atoms with Gasteiger partial charge in [-0.2, -0.15) is 0 Å². The molecule has 21 heavy (non-hydrogen) atoms. The zero-order valence-corrected chi connectivity index (χ0v) is 12.6. The van der Waals surface area contributed by atoms with Crippen molar-refractivity contribution < 1.29 is 19.8 Å². The van der Waals surface area contributed by atoms with E-state index in [9.17, 15) is 19.8 Å². The maximum atomic E-state index is 12.0. The third kappa shape index (κ3) is 4.33. The summed E-state index contributed by atoms with van der Waals surface area (Å²) in [5.74, 6) is -0.645. The van der Waals surface area contributed by atoms with Gasteiger partial charge in [0, 0.05) is 20.1 Å². The number of nitrogens with zero attached hydrogens (tertiary/aromatic N) is 1. The van der Waals surface area contributed by atoms with Crippen molar-refractivity contribution in [1.82, 2.24) is 10.2 Å². The average Bonchev–Trinajstić information content (AvgIpc) is 2.43. The first kappa shape index (κ1) is 16.1. The summed E-state index contributed by atoms with van der Waals surface area (Å²) in [6.07, 6.45) is 4.92. The lowest BCUT2D eigenvalue weighted by Gasteiger charge is -2.35. The normalized spacial score (nSPS) is 32.1. The number of hydrogen-bond donors (Lipinski definition) is 3. The molecule has 0 aliphatic heterocycles. The van der Waals surface area contributed by atoms with E-state index in [1.165, 1.54) is 0 Å². The number of aliphatic hydroxyl groups is 1. The van der Waals surface area contributed by atoms with Crippen molar-refractivity contribution in [3.05, 3.63) is 0 Å². The van der Waals surface area contributed by atoms with E-state index < -0.39 is 5.97 Å². The first-order valence-corrected chi connectivity index (χ1v) is 7.87. The van der Waals surface area contributed by atoms with E-state index in [2.05, 4.69) is 5.32 Å². The van der Waals surface area contributed by atoms with Gasteiger partial charge in [-0.15, -0.1) is 0 Å². The van der Waals surface area contributed by atoms with Crippen LogP contribution in [0.1, 0.15) is 38.5 Å². The number of amides is 2. The molecule has 0 spiro atoms. The minimum absolute atomic E-state index is 0.0409. The van der Waals surface area contributed by atoms with Gasteiger partial charge in [0.1, 0.15) is 0 Å². The molecule has 2 aliphatic rings. The summed E-state index contributed by atoms with van der Waals surface area (Å²) in [5.41, 5.74) is 0. The minimum Gasteiger partial charge on any atom is -0.481 e. The summed E-state index contributed by atoms with van der Waals surface area (Å²) in [6.45, 7) is 1.09. The molecular formula is C15H26N2O4. The second-order valence-corrected chi connectivity index (χ2v) is 6.55. The Morgan fingerprint density at radius 3 is 2.52 bits per heavy atom. The van der Waals surface area contributed by atoms with Gasteiger partial charge in [0.2, 0.25) is 0 Å². The van der Waals surface area contributed by atoms with Gasteiger partial charge in [-0.25, -0.2) is 4.79 Å². The van der Waals surface area contributed by atoms with Crippen LogP contribution in [0, 0.1) is 17.8 Å². The minimum atomic E-state index is -0.745. The second kappa shape index (κ2) is 7.11. The van der Waals surface area contributed by atoms with Crippen LogP contribution < -0.4 is 5.32 Å². The summed E-state index contributed by atoms with van der Waals surface area (Å²) in [7, 11) is 1.75. The Kier molecular flexibility index (Phi) is 5.45. The number of nitrogens with one attached hydrogen (secondary N) is 1.